The molecule has 0 radical (unpaired) electrons. The van der Waals surface area contributed by atoms with Crippen molar-refractivity contribution in [1.29, 1.82) is 0 Å². The molecule has 2 aliphatic rings. The van der Waals surface area contributed by atoms with Gasteiger partial charge in [-0.25, -0.2) is 0 Å². The Morgan fingerprint density at radius 1 is 1.13 bits per heavy atom. The Hall–Kier alpha value is -0.380. The maximum Gasteiger partial charge on any atom is 0.0888 e. The summed E-state index contributed by atoms with van der Waals surface area (Å²) in [6, 6.07) is 0.328. The number of hydrogen-bond acceptors (Lipinski definition) is 3. The van der Waals surface area contributed by atoms with Gasteiger partial charge in [0.05, 0.1) is 18.3 Å². The maximum atomic E-state index is 6.17. The molecule has 1 fully saturated rings. The van der Waals surface area contributed by atoms with E-state index in [0.717, 1.165) is 0 Å². The SMILES string of the molecule is CONC1C(C)C2(C)C=CC(C)(O2)[C@H]1C. The minimum atomic E-state index is -0.155. The molecule has 3 nitrogen and oxygen atoms in total. The van der Waals surface area contributed by atoms with Gasteiger partial charge in [-0.2, -0.15) is 5.48 Å². The van der Waals surface area contributed by atoms with Gasteiger partial charge in [-0.3, -0.25) is 0 Å². The second-order valence-corrected chi connectivity index (χ2v) is 5.23. The zero-order valence-electron chi connectivity index (χ0n) is 10.2. The average molecular weight is 211 g/mol. The van der Waals surface area contributed by atoms with E-state index in [0.29, 0.717) is 17.9 Å². The lowest BCUT2D eigenvalue weighted by molar-refractivity contribution is -0.189. The highest BCUT2D eigenvalue weighted by molar-refractivity contribution is 5.24. The topological polar surface area (TPSA) is 30.5 Å². The molecule has 0 aromatic carbocycles. The highest BCUT2D eigenvalue weighted by Gasteiger charge is 2.55. The van der Waals surface area contributed by atoms with E-state index >= 15 is 0 Å². The first-order valence-corrected chi connectivity index (χ1v) is 5.62. The summed E-state index contributed by atoms with van der Waals surface area (Å²) < 4.78 is 6.17. The van der Waals surface area contributed by atoms with Crippen LogP contribution in [0.1, 0.15) is 27.7 Å². The van der Waals surface area contributed by atoms with Crippen LogP contribution >= 0.6 is 0 Å². The minimum absolute atomic E-state index is 0.155. The molecule has 2 aliphatic heterocycles. The maximum absolute atomic E-state index is 6.17. The summed E-state index contributed by atoms with van der Waals surface area (Å²) in [5, 5.41) is 0. The van der Waals surface area contributed by atoms with Gasteiger partial charge in [0.1, 0.15) is 0 Å². The predicted octanol–water partition coefficient (Wildman–Crippen LogP) is 1.90. The Morgan fingerprint density at radius 3 is 2.00 bits per heavy atom. The van der Waals surface area contributed by atoms with Crippen LogP contribution in [0.4, 0.5) is 0 Å². The quantitative estimate of drug-likeness (QED) is 0.559. The molecule has 0 aromatic heterocycles. The Labute approximate surface area is 91.8 Å². The van der Waals surface area contributed by atoms with Gasteiger partial charge in [-0.05, 0) is 13.8 Å². The number of nitrogens with one attached hydrogen (secondary N) is 1. The van der Waals surface area contributed by atoms with Crippen molar-refractivity contribution in [3.8, 4) is 0 Å². The van der Waals surface area contributed by atoms with Crippen LogP contribution in [0, 0.1) is 11.8 Å². The summed E-state index contributed by atoms with van der Waals surface area (Å²) in [6.45, 7) is 8.72. The van der Waals surface area contributed by atoms with Crippen LogP contribution in [0.25, 0.3) is 0 Å². The molecular formula is C12H21NO2. The number of hydroxylamine groups is 1. The van der Waals surface area contributed by atoms with Crippen molar-refractivity contribution in [1.82, 2.24) is 5.48 Å². The van der Waals surface area contributed by atoms with Crippen LogP contribution in [0.5, 0.6) is 0 Å². The van der Waals surface area contributed by atoms with Crippen LogP contribution in [-0.2, 0) is 9.57 Å². The highest BCUT2D eigenvalue weighted by Crippen LogP contribution is 2.48. The first-order chi connectivity index (χ1) is 6.93. The van der Waals surface area contributed by atoms with Crippen molar-refractivity contribution in [2.45, 2.75) is 44.9 Å². The number of hydrogen-bond donors (Lipinski definition) is 1. The first kappa shape index (κ1) is 11.1. The smallest absolute Gasteiger partial charge is 0.0888 e. The lowest BCUT2D eigenvalue weighted by Crippen LogP contribution is -2.60. The largest absolute Gasteiger partial charge is 0.360 e. The number of rotatable bonds is 2. The van der Waals surface area contributed by atoms with Crippen molar-refractivity contribution >= 4 is 0 Å². The zero-order chi connectivity index (χ0) is 11.3. The molecule has 2 rings (SSSR count). The van der Waals surface area contributed by atoms with E-state index in [1.165, 1.54) is 0 Å². The van der Waals surface area contributed by atoms with Gasteiger partial charge in [-0.1, -0.05) is 26.0 Å². The van der Waals surface area contributed by atoms with E-state index in [1.807, 2.05) is 0 Å². The fraction of sp³-hybridized carbons (Fsp3) is 0.833. The molecule has 5 atom stereocenters. The molecule has 0 saturated carbocycles. The summed E-state index contributed by atoms with van der Waals surface area (Å²) in [7, 11) is 1.68. The van der Waals surface area contributed by atoms with Gasteiger partial charge < -0.3 is 9.57 Å². The molecule has 1 saturated heterocycles. The molecule has 0 amide bonds. The summed E-state index contributed by atoms with van der Waals surface area (Å²) in [5.74, 6) is 0.804. The Bertz CT molecular complexity index is 267. The van der Waals surface area contributed by atoms with Gasteiger partial charge in [0.2, 0.25) is 0 Å². The monoisotopic (exact) mass is 211 g/mol. The lowest BCUT2D eigenvalue weighted by Gasteiger charge is -2.50. The molecule has 1 N–H and O–H groups in total. The van der Waals surface area contributed by atoms with Crippen molar-refractivity contribution in [3.63, 3.8) is 0 Å². The number of ether oxygens (including phenoxy) is 1. The van der Waals surface area contributed by atoms with Crippen molar-refractivity contribution in [2.24, 2.45) is 11.8 Å². The van der Waals surface area contributed by atoms with Crippen LogP contribution in [0.15, 0.2) is 12.2 Å². The normalized spacial score (nSPS) is 53.5. The molecule has 0 spiro atoms. The van der Waals surface area contributed by atoms with Crippen molar-refractivity contribution in [2.75, 3.05) is 7.11 Å². The Kier molecular flexibility index (Phi) is 2.45. The van der Waals surface area contributed by atoms with E-state index in [4.69, 9.17) is 9.57 Å². The molecule has 15 heavy (non-hydrogen) atoms. The summed E-state index contributed by atoms with van der Waals surface area (Å²) in [4.78, 5) is 5.10. The third-order valence-electron chi connectivity index (χ3n) is 4.32. The summed E-state index contributed by atoms with van der Waals surface area (Å²) in [5.41, 5.74) is 2.80. The third kappa shape index (κ3) is 1.45. The van der Waals surface area contributed by atoms with Crippen LogP contribution in [0.2, 0.25) is 0 Å². The lowest BCUT2D eigenvalue weighted by atomic mass is 9.74. The zero-order valence-corrected chi connectivity index (χ0v) is 10.2. The Morgan fingerprint density at radius 2 is 1.60 bits per heavy atom. The minimum Gasteiger partial charge on any atom is -0.360 e. The average Bonchev–Trinajstić information content (AvgIpc) is 2.48. The van der Waals surface area contributed by atoms with E-state index in [2.05, 4.69) is 45.3 Å². The summed E-state index contributed by atoms with van der Waals surface area (Å²) >= 11 is 0. The molecule has 86 valence electrons. The van der Waals surface area contributed by atoms with Gasteiger partial charge in [-0.15, -0.1) is 0 Å². The summed E-state index contributed by atoms with van der Waals surface area (Å²) in [6.07, 6.45) is 4.40. The van der Waals surface area contributed by atoms with E-state index < -0.39 is 0 Å². The fourth-order valence-electron chi connectivity index (χ4n) is 2.85. The second kappa shape index (κ2) is 3.30. The highest BCUT2D eigenvalue weighted by atomic mass is 16.6. The van der Waals surface area contributed by atoms with E-state index in [-0.39, 0.29) is 11.2 Å². The molecule has 2 heterocycles. The standard InChI is InChI=1S/C12H21NO2/c1-8-10(13-14-5)9(2)12(4)7-6-11(8,3)15-12/h6-10,13H,1-5H3/t8-,9?,10?,11?,12?/m0/s1. The van der Waals surface area contributed by atoms with E-state index in [1.54, 1.807) is 7.11 Å². The number of fused-ring (bicyclic) bond motifs is 2. The predicted molar refractivity (Wildman–Crippen MR) is 59.3 cm³/mol. The third-order valence-corrected chi connectivity index (χ3v) is 4.32. The fourth-order valence-corrected chi connectivity index (χ4v) is 2.85. The molecule has 3 heteroatoms. The van der Waals surface area contributed by atoms with Gasteiger partial charge in [0.25, 0.3) is 0 Å². The second-order valence-electron chi connectivity index (χ2n) is 5.23. The molecule has 4 unspecified atom stereocenters. The van der Waals surface area contributed by atoms with Crippen LogP contribution in [-0.4, -0.2) is 24.4 Å². The van der Waals surface area contributed by atoms with Crippen molar-refractivity contribution < 1.29 is 9.57 Å². The van der Waals surface area contributed by atoms with Crippen LogP contribution < -0.4 is 5.48 Å². The van der Waals surface area contributed by atoms with Gasteiger partial charge in [0.15, 0.2) is 0 Å². The van der Waals surface area contributed by atoms with E-state index in [9.17, 15) is 0 Å². The molecular weight excluding hydrogens is 190 g/mol. The Balaban J connectivity index is 2.30. The first-order valence-electron chi connectivity index (χ1n) is 5.62. The van der Waals surface area contributed by atoms with Crippen molar-refractivity contribution in [3.05, 3.63) is 12.2 Å². The van der Waals surface area contributed by atoms with Gasteiger partial charge in [0, 0.05) is 17.9 Å². The molecule has 0 aromatic rings. The van der Waals surface area contributed by atoms with Gasteiger partial charge >= 0.3 is 0 Å². The molecule has 0 aliphatic carbocycles. The van der Waals surface area contributed by atoms with Crippen LogP contribution in [0.3, 0.4) is 0 Å². The molecule has 2 bridgehead atoms.